The van der Waals surface area contributed by atoms with E-state index < -0.39 is 0 Å². The summed E-state index contributed by atoms with van der Waals surface area (Å²) in [4.78, 5) is 13.3. The zero-order valence-electron chi connectivity index (χ0n) is 11.8. The summed E-state index contributed by atoms with van der Waals surface area (Å²) in [5.74, 6) is 1.37. The second-order valence-electron chi connectivity index (χ2n) is 5.62. The lowest BCUT2D eigenvalue weighted by molar-refractivity contribution is 0.168. The van der Waals surface area contributed by atoms with Gasteiger partial charge < -0.3 is 15.4 Å². The van der Waals surface area contributed by atoms with E-state index >= 15 is 0 Å². The standard InChI is InChI=1S/C14H23N5O/c15-13(12-2-9-20-11-12)10-18-5-7-19(8-6-18)14-16-3-1-4-17-14/h1,3-4,12-13H,2,5-11,15H2. The normalized spacial score (nSPS) is 25.9. The highest BCUT2D eigenvalue weighted by Crippen LogP contribution is 2.17. The molecule has 2 saturated heterocycles. The zero-order valence-corrected chi connectivity index (χ0v) is 11.8. The van der Waals surface area contributed by atoms with Crippen LogP contribution in [0, 0.1) is 5.92 Å². The number of piperazine rings is 1. The van der Waals surface area contributed by atoms with Crippen LogP contribution in [0.25, 0.3) is 0 Å². The predicted molar refractivity (Wildman–Crippen MR) is 77.6 cm³/mol. The fraction of sp³-hybridized carbons (Fsp3) is 0.714. The van der Waals surface area contributed by atoms with Crippen molar-refractivity contribution in [2.45, 2.75) is 12.5 Å². The van der Waals surface area contributed by atoms with Gasteiger partial charge in [-0.05, 0) is 12.5 Å². The van der Waals surface area contributed by atoms with Gasteiger partial charge in [0.1, 0.15) is 0 Å². The van der Waals surface area contributed by atoms with Gasteiger partial charge in [0.25, 0.3) is 0 Å². The average Bonchev–Trinajstić information content (AvgIpc) is 3.03. The molecule has 6 heteroatoms. The van der Waals surface area contributed by atoms with Crippen LogP contribution in [0.1, 0.15) is 6.42 Å². The molecule has 0 bridgehead atoms. The Kier molecular flexibility index (Phi) is 4.44. The predicted octanol–water partition coefficient (Wildman–Crippen LogP) is -0.0376. The van der Waals surface area contributed by atoms with E-state index in [1.54, 1.807) is 12.4 Å². The molecule has 1 aromatic heterocycles. The average molecular weight is 277 g/mol. The van der Waals surface area contributed by atoms with Crippen LogP contribution in [-0.4, -0.2) is 66.8 Å². The van der Waals surface area contributed by atoms with Crippen molar-refractivity contribution >= 4 is 5.95 Å². The van der Waals surface area contributed by atoms with Crippen LogP contribution < -0.4 is 10.6 Å². The maximum absolute atomic E-state index is 6.30. The van der Waals surface area contributed by atoms with Gasteiger partial charge in [0.05, 0.1) is 6.61 Å². The van der Waals surface area contributed by atoms with Gasteiger partial charge >= 0.3 is 0 Å². The third-order valence-corrected chi connectivity index (χ3v) is 4.25. The SMILES string of the molecule is NC(CN1CCN(c2ncccn2)CC1)C1CCOC1. The first-order valence-electron chi connectivity index (χ1n) is 7.40. The van der Waals surface area contributed by atoms with E-state index in [4.69, 9.17) is 10.5 Å². The van der Waals surface area contributed by atoms with Crippen molar-refractivity contribution in [2.24, 2.45) is 11.7 Å². The maximum atomic E-state index is 6.30. The number of ether oxygens (including phenoxy) is 1. The minimum Gasteiger partial charge on any atom is -0.381 e. The van der Waals surface area contributed by atoms with Crippen molar-refractivity contribution < 1.29 is 4.74 Å². The minimum absolute atomic E-state index is 0.233. The summed E-state index contributed by atoms with van der Waals surface area (Å²) in [5.41, 5.74) is 6.30. The molecule has 0 aliphatic carbocycles. The number of hydrogen-bond acceptors (Lipinski definition) is 6. The number of rotatable bonds is 4. The van der Waals surface area contributed by atoms with Crippen LogP contribution in [0.4, 0.5) is 5.95 Å². The quantitative estimate of drug-likeness (QED) is 0.833. The number of aromatic nitrogens is 2. The van der Waals surface area contributed by atoms with Crippen LogP contribution in [0.3, 0.4) is 0 Å². The molecule has 0 aromatic carbocycles. The summed E-state index contributed by atoms with van der Waals surface area (Å²) in [6.45, 7) is 6.67. The zero-order chi connectivity index (χ0) is 13.8. The third kappa shape index (κ3) is 3.26. The molecule has 2 N–H and O–H groups in total. The first kappa shape index (κ1) is 13.7. The van der Waals surface area contributed by atoms with Gasteiger partial charge in [0.15, 0.2) is 0 Å². The minimum atomic E-state index is 0.233. The van der Waals surface area contributed by atoms with Gasteiger partial charge in [-0.25, -0.2) is 9.97 Å². The highest BCUT2D eigenvalue weighted by Gasteiger charge is 2.26. The Morgan fingerprint density at radius 3 is 2.65 bits per heavy atom. The number of nitrogens with zero attached hydrogens (tertiary/aromatic N) is 4. The van der Waals surface area contributed by atoms with Crippen molar-refractivity contribution in [1.29, 1.82) is 0 Å². The smallest absolute Gasteiger partial charge is 0.225 e. The van der Waals surface area contributed by atoms with E-state index in [2.05, 4.69) is 19.8 Å². The van der Waals surface area contributed by atoms with E-state index in [1.807, 2.05) is 6.07 Å². The number of nitrogens with two attached hydrogens (primary N) is 1. The van der Waals surface area contributed by atoms with E-state index in [0.29, 0.717) is 5.92 Å². The van der Waals surface area contributed by atoms with Gasteiger partial charge in [-0.2, -0.15) is 0 Å². The van der Waals surface area contributed by atoms with Gasteiger partial charge in [-0.3, -0.25) is 4.90 Å². The van der Waals surface area contributed by atoms with Gasteiger partial charge in [0.2, 0.25) is 5.95 Å². The third-order valence-electron chi connectivity index (χ3n) is 4.25. The number of anilines is 1. The van der Waals surface area contributed by atoms with Crippen LogP contribution in [0.15, 0.2) is 18.5 Å². The first-order valence-corrected chi connectivity index (χ1v) is 7.40. The summed E-state index contributed by atoms with van der Waals surface area (Å²) in [7, 11) is 0. The van der Waals surface area contributed by atoms with Crippen molar-refractivity contribution in [1.82, 2.24) is 14.9 Å². The van der Waals surface area contributed by atoms with Crippen molar-refractivity contribution in [2.75, 3.05) is 50.8 Å². The topological polar surface area (TPSA) is 67.5 Å². The van der Waals surface area contributed by atoms with Crippen LogP contribution >= 0.6 is 0 Å². The van der Waals surface area contributed by atoms with E-state index in [1.165, 1.54) is 0 Å². The Bertz CT molecular complexity index is 401. The molecule has 110 valence electrons. The molecule has 2 fully saturated rings. The van der Waals surface area contributed by atoms with Gasteiger partial charge in [-0.15, -0.1) is 0 Å². The van der Waals surface area contributed by atoms with Crippen molar-refractivity contribution in [3.8, 4) is 0 Å². The molecule has 2 aliphatic heterocycles. The molecular formula is C14H23N5O. The molecule has 3 rings (SSSR count). The summed E-state index contributed by atoms with van der Waals surface area (Å²) in [6, 6.07) is 2.08. The first-order chi connectivity index (χ1) is 9.83. The summed E-state index contributed by atoms with van der Waals surface area (Å²) in [5, 5.41) is 0. The molecule has 1 aromatic rings. The highest BCUT2D eigenvalue weighted by atomic mass is 16.5. The molecule has 0 spiro atoms. The highest BCUT2D eigenvalue weighted by molar-refractivity contribution is 5.29. The molecule has 0 saturated carbocycles. The largest absolute Gasteiger partial charge is 0.381 e. The molecule has 3 heterocycles. The summed E-state index contributed by atoms with van der Waals surface area (Å²) in [6.07, 6.45) is 4.70. The number of hydrogen-bond donors (Lipinski definition) is 1. The second-order valence-corrected chi connectivity index (χ2v) is 5.62. The van der Waals surface area contributed by atoms with Crippen LogP contribution in [0.5, 0.6) is 0 Å². The molecule has 20 heavy (non-hydrogen) atoms. The lowest BCUT2D eigenvalue weighted by Gasteiger charge is -2.36. The van der Waals surface area contributed by atoms with Gasteiger partial charge in [-0.1, -0.05) is 0 Å². The monoisotopic (exact) mass is 277 g/mol. The van der Waals surface area contributed by atoms with Gasteiger partial charge in [0, 0.05) is 63.7 Å². The Balaban J connectivity index is 1.46. The fourth-order valence-electron chi connectivity index (χ4n) is 2.92. The Morgan fingerprint density at radius 2 is 2.00 bits per heavy atom. The van der Waals surface area contributed by atoms with Crippen molar-refractivity contribution in [3.63, 3.8) is 0 Å². The maximum Gasteiger partial charge on any atom is 0.225 e. The molecule has 0 radical (unpaired) electrons. The molecule has 6 nitrogen and oxygen atoms in total. The molecular weight excluding hydrogens is 254 g/mol. The Morgan fingerprint density at radius 1 is 1.25 bits per heavy atom. The molecule has 2 unspecified atom stereocenters. The second kappa shape index (κ2) is 6.47. The molecule has 2 atom stereocenters. The van der Waals surface area contributed by atoms with E-state index in [-0.39, 0.29) is 6.04 Å². The van der Waals surface area contributed by atoms with Crippen LogP contribution in [-0.2, 0) is 4.74 Å². The lowest BCUT2D eigenvalue weighted by atomic mass is 9.99. The van der Waals surface area contributed by atoms with E-state index in [0.717, 1.165) is 58.3 Å². The Hall–Kier alpha value is -1.24. The molecule has 2 aliphatic rings. The van der Waals surface area contributed by atoms with Crippen LogP contribution in [0.2, 0.25) is 0 Å². The lowest BCUT2D eigenvalue weighted by Crippen LogP contribution is -2.51. The van der Waals surface area contributed by atoms with Crippen molar-refractivity contribution in [3.05, 3.63) is 18.5 Å². The Labute approximate surface area is 119 Å². The summed E-state index contributed by atoms with van der Waals surface area (Å²) >= 11 is 0. The summed E-state index contributed by atoms with van der Waals surface area (Å²) < 4.78 is 5.42. The fourth-order valence-corrected chi connectivity index (χ4v) is 2.92. The van der Waals surface area contributed by atoms with E-state index in [9.17, 15) is 0 Å². The molecule has 0 amide bonds.